The van der Waals surface area contributed by atoms with Crippen LogP contribution in [0.4, 0.5) is 8.78 Å². The van der Waals surface area contributed by atoms with Gasteiger partial charge >= 0.3 is 0 Å². The van der Waals surface area contributed by atoms with Gasteiger partial charge in [0.15, 0.2) is 0 Å². The molecular formula is C13H12BrF2NS. The minimum Gasteiger partial charge on any atom is -0.305 e. The summed E-state index contributed by atoms with van der Waals surface area (Å²) >= 11 is 5.08. The highest BCUT2D eigenvalue weighted by Gasteiger charge is 2.11. The molecule has 1 atom stereocenters. The van der Waals surface area contributed by atoms with Crippen LogP contribution in [0.2, 0.25) is 0 Å². The van der Waals surface area contributed by atoms with Crippen molar-refractivity contribution in [2.24, 2.45) is 0 Å². The van der Waals surface area contributed by atoms with Gasteiger partial charge in [0.2, 0.25) is 0 Å². The van der Waals surface area contributed by atoms with E-state index in [9.17, 15) is 8.78 Å². The average Bonchev–Trinajstić information content (AvgIpc) is 2.76. The first kappa shape index (κ1) is 13.6. The smallest absolute Gasteiger partial charge is 0.127 e. The molecule has 0 amide bonds. The molecule has 0 bridgehead atoms. The molecule has 0 fully saturated rings. The first-order chi connectivity index (χ1) is 8.58. The van der Waals surface area contributed by atoms with Crippen molar-refractivity contribution in [2.45, 2.75) is 19.5 Å². The fourth-order valence-electron chi connectivity index (χ4n) is 1.65. The number of hydrogen-bond acceptors (Lipinski definition) is 2. The van der Waals surface area contributed by atoms with Gasteiger partial charge in [0.25, 0.3) is 0 Å². The summed E-state index contributed by atoms with van der Waals surface area (Å²) in [5, 5.41) is 5.17. The van der Waals surface area contributed by atoms with Crippen LogP contribution in [0.1, 0.15) is 23.4 Å². The Morgan fingerprint density at radius 1 is 1.33 bits per heavy atom. The lowest BCUT2D eigenvalue weighted by atomic mass is 10.2. The van der Waals surface area contributed by atoms with Gasteiger partial charge in [0.1, 0.15) is 11.6 Å². The highest BCUT2D eigenvalue weighted by atomic mass is 79.9. The van der Waals surface area contributed by atoms with Crippen molar-refractivity contribution in [3.05, 3.63) is 56.2 Å². The van der Waals surface area contributed by atoms with Gasteiger partial charge in [0.05, 0.1) is 0 Å². The topological polar surface area (TPSA) is 12.0 Å². The SMILES string of the molecule is CC(NCc1cc(F)ccc1F)c1sccc1Br. The molecule has 0 spiro atoms. The van der Waals surface area contributed by atoms with Crippen molar-refractivity contribution in [3.63, 3.8) is 0 Å². The van der Waals surface area contributed by atoms with Gasteiger partial charge in [-0.05, 0) is 52.5 Å². The Bertz CT molecular complexity index is 542. The van der Waals surface area contributed by atoms with Gasteiger partial charge < -0.3 is 5.32 Å². The van der Waals surface area contributed by atoms with Crippen LogP contribution in [0.25, 0.3) is 0 Å². The number of halogens is 3. The van der Waals surface area contributed by atoms with Crippen LogP contribution >= 0.6 is 27.3 Å². The molecule has 96 valence electrons. The third-order valence-corrected chi connectivity index (χ3v) is 4.70. The minimum absolute atomic E-state index is 0.0852. The second-order valence-electron chi connectivity index (χ2n) is 3.97. The molecule has 1 aromatic heterocycles. The molecule has 5 heteroatoms. The van der Waals surface area contributed by atoms with Crippen LogP contribution < -0.4 is 5.32 Å². The Kier molecular flexibility index (Phi) is 4.48. The lowest BCUT2D eigenvalue weighted by molar-refractivity contribution is 0.539. The molecule has 0 aliphatic rings. The van der Waals surface area contributed by atoms with Crippen LogP contribution in [0.5, 0.6) is 0 Å². The van der Waals surface area contributed by atoms with E-state index in [0.29, 0.717) is 12.1 Å². The van der Waals surface area contributed by atoms with Crippen LogP contribution in [0, 0.1) is 11.6 Å². The summed E-state index contributed by atoms with van der Waals surface area (Å²) in [5.41, 5.74) is 0.342. The predicted molar refractivity (Wildman–Crippen MR) is 73.6 cm³/mol. The molecule has 0 aliphatic heterocycles. The first-order valence-corrected chi connectivity index (χ1v) is 7.15. The van der Waals surface area contributed by atoms with Gasteiger partial charge in [-0.25, -0.2) is 8.78 Å². The summed E-state index contributed by atoms with van der Waals surface area (Å²) < 4.78 is 27.5. The molecule has 0 saturated heterocycles. The zero-order valence-electron chi connectivity index (χ0n) is 9.71. The van der Waals surface area contributed by atoms with Gasteiger partial charge in [-0.3, -0.25) is 0 Å². The zero-order chi connectivity index (χ0) is 13.1. The Balaban J connectivity index is 2.03. The monoisotopic (exact) mass is 331 g/mol. The fourth-order valence-corrected chi connectivity index (χ4v) is 3.40. The second kappa shape index (κ2) is 5.91. The van der Waals surface area contributed by atoms with E-state index >= 15 is 0 Å². The maximum atomic E-state index is 13.4. The van der Waals surface area contributed by atoms with E-state index in [2.05, 4.69) is 21.2 Å². The summed E-state index contributed by atoms with van der Waals surface area (Å²) in [4.78, 5) is 1.15. The van der Waals surface area contributed by atoms with Crippen LogP contribution in [0.3, 0.4) is 0 Å². The minimum atomic E-state index is -0.418. The highest BCUT2D eigenvalue weighted by Crippen LogP contribution is 2.28. The van der Waals surface area contributed by atoms with Crippen molar-refractivity contribution in [3.8, 4) is 0 Å². The third kappa shape index (κ3) is 3.16. The van der Waals surface area contributed by atoms with E-state index in [-0.39, 0.29) is 11.9 Å². The normalized spacial score (nSPS) is 12.7. The quantitative estimate of drug-likeness (QED) is 0.860. The van der Waals surface area contributed by atoms with Gasteiger partial charge in [0, 0.05) is 27.5 Å². The summed E-state index contributed by atoms with van der Waals surface area (Å²) in [6.45, 7) is 2.29. The Morgan fingerprint density at radius 2 is 2.11 bits per heavy atom. The number of hydrogen-bond donors (Lipinski definition) is 1. The summed E-state index contributed by atoms with van der Waals surface area (Å²) in [5.74, 6) is -0.806. The van der Waals surface area contributed by atoms with Gasteiger partial charge in [-0.1, -0.05) is 0 Å². The van der Waals surface area contributed by atoms with E-state index in [4.69, 9.17) is 0 Å². The van der Waals surface area contributed by atoms with Crippen LogP contribution in [0.15, 0.2) is 34.1 Å². The van der Waals surface area contributed by atoms with Crippen molar-refractivity contribution in [2.75, 3.05) is 0 Å². The summed E-state index contributed by atoms with van der Waals surface area (Å²) in [6.07, 6.45) is 0. The standard InChI is InChI=1S/C13H12BrF2NS/c1-8(13-11(14)4-5-18-13)17-7-9-6-10(15)2-3-12(9)16/h2-6,8,17H,7H2,1H3. The number of rotatable bonds is 4. The van der Waals surface area contributed by atoms with E-state index in [1.54, 1.807) is 11.3 Å². The summed E-state index contributed by atoms with van der Waals surface area (Å²) in [6, 6.07) is 5.55. The van der Waals surface area contributed by atoms with Crippen molar-refractivity contribution in [1.82, 2.24) is 5.32 Å². The molecule has 2 aromatic rings. The first-order valence-electron chi connectivity index (χ1n) is 5.48. The molecular weight excluding hydrogens is 320 g/mol. The fraction of sp³-hybridized carbons (Fsp3) is 0.231. The molecule has 18 heavy (non-hydrogen) atoms. The Morgan fingerprint density at radius 3 is 2.78 bits per heavy atom. The maximum absolute atomic E-state index is 13.4. The van der Waals surface area contributed by atoms with Crippen molar-refractivity contribution in [1.29, 1.82) is 0 Å². The zero-order valence-corrected chi connectivity index (χ0v) is 12.1. The van der Waals surface area contributed by atoms with E-state index < -0.39 is 5.82 Å². The third-order valence-electron chi connectivity index (χ3n) is 2.64. The number of benzene rings is 1. The van der Waals surface area contributed by atoms with E-state index in [1.807, 2.05) is 18.4 Å². The number of thiophene rings is 1. The van der Waals surface area contributed by atoms with Gasteiger partial charge in [-0.2, -0.15) is 0 Å². The van der Waals surface area contributed by atoms with E-state index in [1.165, 1.54) is 6.07 Å². The Hall–Kier alpha value is -0.780. The molecule has 1 unspecified atom stereocenters. The molecule has 0 aliphatic carbocycles. The molecule has 1 aromatic carbocycles. The van der Waals surface area contributed by atoms with Crippen LogP contribution in [-0.2, 0) is 6.54 Å². The van der Waals surface area contributed by atoms with Crippen molar-refractivity contribution >= 4 is 27.3 Å². The molecule has 0 radical (unpaired) electrons. The van der Waals surface area contributed by atoms with Gasteiger partial charge in [-0.15, -0.1) is 11.3 Å². The largest absolute Gasteiger partial charge is 0.305 e. The molecule has 0 saturated carbocycles. The predicted octanol–water partition coefficient (Wildman–Crippen LogP) is 4.64. The molecule has 2 rings (SSSR count). The van der Waals surface area contributed by atoms with Crippen molar-refractivity contribution < 1.29 is 8.78 Å². The summed E-state index contributed by atoms with van der Waals surface area (Å²) in [7, 11) is 0. The number of nitrogens with one attached hydrogen (secondary N) is 1. The van der Waals surface area contributed by atoms with E-state index in [0.717, 1.165) is 21.5 Å². The lowest BCUT2D eigenvalue weighted by Crippen LogP contribution is -2.18. The molecule has 1 nitrogen and oxygen atoms in total. The Labute approximate surface area is 117 Å². The highest BCUT2D eigenvalue weighted by molar-refractivity contribution is 9.10. The second-order valence-corrected chi connectivity index (χ2v) is 5.77. The molecule has 1 heterocycles. The molecule has 1 N–H and O–H groups in total. The van der Waals surface area contributed by atoms with Crippen LogP contribution in [-0.4, -0.2) is 0 Å². The average molecular weight is 332 g/mol. The lowest BCUT2D eigenvalue weighted by Gasteiger charge is -2.13. The maximum Gasteiger partial charge on any atom is 0.127 e.